The van der Waals surface area contributed by atoms with Crippen LogP contribution in [0, 0.1) is 11.7 Å². The highest BCUT2D eigenvalue weighted by Crippen LogP contribution is 2.47. The molecule has 1 saturated carbocycles. The van der Waals surface area contributed by atoms with Gasteiger partial charge >= 0.3 is 0 Å². The van der Waals surface area contributed by atoms with E-state index in [4.69, 9.17) is 4.42 Å². The minimum Gasteiger partial charge on any atom is -0.461 e. The van der Waals surface area contributed by atoms with Crippen molar-refractivity contribution in [3.05, 3.63) is 59.8 Å². The molecule has 1 aliphatic carbocycles. The molecule has 3 rings (SSSR count). The summed E-state index contributed by atoms with van der Waals surface area (Å²) in [6.07, 6.45) is 4.10. The third kappa shape index (κ3) is 4.59. The molecule has 1 aliphatic rings. The van der Waals surface area contributed by atoms with Crippen molar-refractivity contribution in [2.24, 2.45) is 5.92 Å². The van der Waals surface area contributed by atoms with E-state index in [0.717, 1.165) is 12.2 Å². The first-order valence-corrected chi connectivity index (χ1v) is 8.50. The van der Waals surface area contributed by atoms with Crippen LogP contribution >= 0.6 is 0 Å². The molecule has 2 aromatic rings. The first kappa shape index (κ1) is 17.9. The van der Waals surface area contributed by atoms with E-state index in [2.05, 4.69) is 12.2 Å². The fraction of sp³-hybridized carbons (Fsp3) is 0.300. The number of hydrogen-bond acceptors (Lipinski definition) is 3. The van der Waals surface area contributed by atoms with Gasteiger partial charge in [0, 0.05) is 24.7 Å². The summed E-state index contributed by atoms with van der Waals surface area (Å²) in [5.74, 6) is 1.55. The van der Waals surface area contributed by atoms with Gasteiger partial charge in [0.15, 0.2) is 0 Å². The quantitative estimate of drug-likeness (QED) is 0.804. The SMILES string of the molecule is CC1CC1c1ccc(C=CC(=O)N(C)CC(=O)Nc2cccc(F)c2)o1. The number of anilines is 1. The van der Waals surface area contributed by atoms with Gasteiger partial charge in [-0.2, -0.15) is 0 Å². The van der Waals surface area contributed by atoms with Crippen LogP contribution in [-0.2, 0) is 9.59 Å². The van der Waals surface area contributed by atoms with Crippen LogP contribution in [0.4, 0.5) is 10.1 Å². The monoisotopic (exact) mass is 356 g/mol. The summed E-state index contributed by atoms with van der Waals surface area (Å²) in [7, 11) is 1.53. The second kappa shape index (κ2) is 7.56. The zero-order chi connectivity index (χ0) is 18.7. The van der Waals surface area contributed by atoms with Crippen molar-refractivity contribution in [1.29, 1.82) is 0 Å². The van der Waals surface area contributed by atoms with E-state index < -0.39 is 11.7 Å². The van der Waals surface area contributed by atoms with Crippen LogP contribution in [0.25, 0.3) is 6.08 Å². The van der Waals surface area contributed by atoms with Crippen LogP contribution in [0.2, 0.25) is 0 Å². The highest BCUT2D eigenvalue weighted by molar-refractivity contribution is 5.97. The van der Waals surface area contributed by atoms with E-state index in [1.165, 1.54) is 36.2 Å². The second-order valence-electron chi connectivity index (χ2n) is 6.65. The molecule has 2 atom stereocenters. The summed E-state index contributed by atoms with van der Waals surface area (Å²) in [5.41, 5.74) is 0.351. The van der Waals surface area contributed by atoms with Crippen molar-refractivity contribution >= 4 is 23.6 Å². The number of benzene rings is 1. The molecule has 1 aromatic heterocycles. The number of nitrogens with zero attached hydrogens (tertiary/aromatic N) is 1. The Morgan fingerprint density at radius 1 is 1.35 bits per heavy atom. The summed E-state index contributed by atoms with van der Waals surface area (Å²) in [5, 5.41) is 2.55. The van der Waals surface area contributed by atoms with Crippen LogP contribution in [0.1, 0.15) is 30.8 Å². The van der Waals surface area contributed by atoms with Gasteiger partial charge in [0.1, 0.15) is 17.3 Å². The van der Waals surface area contributed by atoms with Crippen molar-refractivity contribution in [2.75, 3.05) is 18.9 Å². The van der Waals surface area contributed by atoms with Gasteiger partial charge in [-0.1, -0.05) is 13.0 Å². The number of nitrogens with one attached hydrogen (secondary N) is 1. The Bertz CT molecular complexity index is 843. The number of furan rings is 1. The molecule has 26 heavy (non-hydrogen) atoms. The third-order valence-corrected chi connectivity index (χ3v) is 4.38. The molecule has 2 amide bonds. The standard InChI is InChI=1S/C20H21FN2O3/c1-13-10-17(13)18-8-6-16(26-18)7-9-20(25)23(2)12-19(24)22-15-5-3-4-14(21)11-15/h3-9,11,13,17H,10,12H2,1-2H3,(H,22,24). The largest absolute Gasteiger partial charge is 0.461 e. The van der Waals surface area contributed by atoms with Gasteiger partial charge in [0.2, 0.25) is 11.8 Å². The zero-order valence-electron chi connectivity index (χ0n) is 14.7. The summed E-state index contributed by atoms with van der Waals surface area (Å²) >= 11 is 0. The highest BCUT2D eigenvalue weighted by Gasteiger charge is 2.36. The van der Waals surface area contributed by atoms with E-state index in [1.807, 2.05) is 12.1 Å². The molecular formula is C20H21FN2O3. The van der Waals surface area contributed by atoms with E-state index in [1.54, 1.807) is 12.1 Å². The number of likely N-dealkylation sites (N-methyl/N-ethyl adjacent to an activating group) is 1. The van der Waals surface area contributed by atoms with E-state index >= 15 is 0 Å². The van der Waals surface area contributed by atoms with E-state index in [9.17, 15) is 14.0 Å². The Morgan fingerprint density at radius 2 is 2.12 bits per heavy atom. The minimum atomic E-state index is -0.437. The molecule has 0 bridgehead atoms. The van der Waals surface area contributed by atoms with Crippen LogP contribution in [0.15, 0.2) is 46.9 Å². The lowest BCUT2D eigenvalue weighted by Gasteiger charge is -2.14. The maximum absolute atomic E-state index is 13.1. The summed E-state index contributed by atoms with van der Waals surface area (Å²) < 4.78 is 18.8. The topological polar surface area (TPSA) is 62.6 Å². The zero-order valence-corrected chi connectivity index (χ0v) is 14.7. The van der Waals surface area contributed by atoms with Gasteiger partial charge in [-0.3, -0.25) is 9.59 Å². The van der Waals surface area contributed by atoms with Crippen LogP contribution in [0.3, 0.4) is 0 Å². The predicted octanol–water partition coefficient (Wildman–Crippen LogP) is 3.65. The number of rotatable bonds is 6. The Balaban J connectivity index is 1.50. The predicted molar refractivity (Wildman–Crippen MR) is 96.9 cm³/mol. The number of halogens is 1. The Morgan fingerprint density at radius 3 is 2.81 bits per heavy atom. The molecule has 1 fully saturated rings. The summed E-state index contributed by atoms with van der Waals surface area (Å²) in [6.45, 7) is 2.04. The first-order valence-electron chi connectivity index (χ1n) is 8.50. The van der Waals surface area contributed by atoms with Gasteiger partial charge in [0.25, 0.3) is 0 Å². The van der Waals surface area contributed by atoms with Crippen molar-refractivity contribution in [2.45, 2.75) is 19.3 Å². The molecule has 1 N–H and O–H groups in total. The van der Waals surface area contributed by atoms with Crippen molar-refractivity contribution in [3.63, 3.8) is 0 Å². The third-order valence-electron chi connectivity index (χ3n) is 4.38. The number of hydrogen-bond donors (Lipinski definition) is 1. The molecule has 1 heterocycles. The minimum absolute atomic E-state index is 0.136. The van der Waals surface area contributed by atoms with Gasteiger partial charge in [-0.25, -0.2) is 4.39 Å². The fourth-order valence-electron chi connectivity index (χ4n) is 2.72. The molecule has 0 spiro atoms. The molecular weight excluding hydrogens is 335 g/mol. The Kier molecular flexibility index (Phi) is 5.21. The van der Waals surface area contributed by atoms with Gasteiger partial charge in [-0.15, -0.1) is 0 Å². The lowest BCUT2D eigenvalue weighted by Crippen LogP contribution is -2.33. The maximum Gasteiger partial charge on any atom is 0.246 e. The molecule has 2 unspecified atom stereocenters. The molecule has 0 saturated heterocycles. The second-order valence-corrected chi connectivity index (χ2v) is 6.65. The van der Waals surface area contributed by atoms with E-state index in [-0.39, 0.29) is 12.5 Å². The lowest BCUT2D eigenvalue weighted by atomic mass is 10.3. The number of carbonyl (C=O) groups is 2. The Labute approximate surface area is 151 Å². The van der Waals surface area contributed by atoms with Crippen molar-refractivity contribution < 1.29 is 18.4 Å². The maximum atomic E-state index is 13.1. The Hall–Kier alpha value is -2.89. The molecule has 6 heteroatoms. The fourth-order valence-corrected chi connectivity index (χ4v) is 2.72. The normalized spacial score (nSPS) is 18.7. The highest BCUT2D eigenvalue weighted by atomic mass is 19.1. The smallest absolute Gasteiger partial charge is 0.246 e. The average Bonchev–Trinajstić information content (AvgIpc) is 3.13. The van der Waals surface area contributed by atoms with Crippen molar-refractivity contribution in [1.82, 2.24) is 4.90 Å². The van der Waals surface area contributed by atoms with Gasteiger partial charge < -0.3 is 14.6 Å². The molecule has 5 nitrogen and oxygen atoms in total. The van der Waals surface area contributed by atoms with Crippen LogP contribution < -0.4 is 5.32 Å². The van der Waals surface area contributed by atoms with Crippen LogP contribution in [-0.4, -0.2) is 30.3 Å². The molecule has 0 aliphatic heterocycles. The van der Waals surface area contributed by atoms with Gasteiger partial charge in [0.05, 0.1) is 6.54 Å². The lowest BCUT2D eigenvalue weighted by molar-refractivity contribution is -0.129. The van der Waals surface area contributed by atoms with Crippen LogP contribution in [0.5, 0.6) is 0 Å². The first-order chi connectivity index (χ1) is 12.4. The van der Waals surface area contributed by atoms with E-state index in [0.29, 0.717) is 23.3 Å². The molecule has 0 radical (unpaired) electrons. The molecule has 136 valence electrons. The van der Waals surface area contributed by atoms with Crippen molar-refractivity contribution in [3.8, 4) is 0 Å². The number of carbonyl (C=O) groups excluding carboxylic acids is 2. The molecule has 1 aromatic carbocycles. The summed E-state index contributed by atoms with van der Waals surface area (Å²) in [4.78, 5) is 25.4. The average molecular weight is 356 g/mol. The van der Waals surface area contributed by atoms with Gasteiger partial charge in [-0.05, 0) is 48.7 Å². The number of amides is 2. The summed E-state index contributed by atoms with van der Waals surface area (Å²) in [6, 6.07) is 9.37.